The normalized spacial score (nSPS) is 10.1. The van der Waals surface area contributed by atoms with Crippen LogP contribution in [0.1, 0.15) is 12.3 Å². The van der Waals surface area contributed by atoms with E-state index in [2.05, 4.69) is 10.2 Å². The summed E-state index contributed by atoms with van der Waals surface area (Å²) >= 11 is 0. The Morgan fingerprint density at radius 1 is 1.40 bits per heavy atom. The van der Waals surface area contributed by atoms with Gasteiger partial charge in [0.05, 0.1) is 0 Å². The molecule has 0 unspecified atom stereocenters. The maximum Gasteiger partial charge on any atom is 0.312 e. The fraction of sp³-hybridized carbons (Fsp3) is 0.600. The minimum atomic E-state index is 0.118. The van der Waals surface area contributed by atoms with Gasteiger partial charge in [0.1, 0.15) is 0 Å². The van der Waals surface area contributed by atoms with Crippen molar-refractivity contribution in [2.24, 2.45) is 5.73 Å². The molecule has 0 radical (unpaired) electrons. The summed E-state index contributed by atoms with van der Waals surface area (Å²) < 4.78 is 4.89. The SMILES string of the molecule is NCCCc1nnc(N)o1. The molecule has 0 spiro atoms. The Morgan fingerprint density at radius 3 is 2.70 bits per heavy atom. The largest absolute Gasteiger partial charge is 0.408 e. The summed E-state index contributed by atoms with van der Waals surface area (Å²) in [5, 5.41) is 7.15. The summed E-state index contributed by atoms with van der Waals surface area (Å²) in [6.45, 7) is 0.627. The van der Waals surface area contributed by atoms with E-state index < -0.39 is 0 Å². The smallest absolute Gasteiger partial charge is 0.312 e. The zero-order chi connectivity index (χ0) is 7.40. The number of nitrogens with two attached hydrogens (primary N) is 2. The Bertz CT molecular complexity index is 197. The number of nitrogens with zero attached hydrogens (tertiary/aromatic N) is 2. The predicted molar refractivity (Wildman–Crippen MR) is 36.1 cm³/mol. The fourth-order valence-electron chi connectivity index (χ4n) is 0.621. The molecule has 0 bridgehead atoms. The number of hydrogen-bond acceptors (Lipinski definition) is 5. The van der Waals surface area contributed by atoms with E-state index in [-0.39, 0.29) is 6.01 Å². The molecule has 0 aliphatic carbocycles. The van der Waals surface area contributed by atoms with Crippen molar-refractivity contribution >= 4 is 6.01 Å². The topological polar surface area (TPSA) is 91.0 Å². The van der Waals surface area contributed by atoms with E-state index in [0.717, 1.165) is 6.42 Å². The molecule has 5 nitrogen and oxygen atoms in total. The molecule has 5 heteroatoms. The summed E-state index contributed by atoms with van der Waals surface area (Å²) in [7, 11) is 0. The van der Waals surface area contributed by atoms with Gasteiger partial charge in [-0.1, -0.05) is 5.10 Å². The van der Waals surface area contributed by atoms with Crippen LogP contribution in [0.5, 0.6) is 0 Å². The Morgan fingerprint density at radius 2 is 2.20 bits per heavy atom. The van der Waals surface area contributed by atoms with Gasteiger partial charge < -0.3 is 15.9 Å². The van der Waals surface area contributed by atoms with Gasteiger partial charge in [0.2, 0.25) is 5.89 Å². The highest BCUT2D eigenvalue weighted by Crippen LogP contribution is 2.01. The van der Waals surface area contributed by atoms with E-state index in [1.807, 2.05) is 0 Å². The monoisotopic (exact) mass is 142 g/mol. The standard InChI is InChI=1S/C5H10N4O/c6-3-1-2-4-8-9-5(7)10-4/h1-3,6H2,(H2,7,9). The summed E-state index contributed by atoms with van der Waals surface area (Å²) in [5.74, 6) is 0.558. The molecule has 0 aromatic carbocycles. The van der Waals surface area contributed by atoms with Gasteiger partial charge in [-0.25, -0.2) is 0 Å². The van der Waals surface area contributed by atoms with E-state index in [0.29, 0.717) is 18.9 Å². The third kappa shape index (κ3) is 1.70. The first-order valence-corrected chi connectivity index (χ1v) is 3.11. The molecule has 1 heterocycles. The van der Waals surface area contributed by atoms with Crippen molar-refractivity contribution in [3.63, 3.8) is 0 Å². The molecule has 0 aliphatic heterocycles. The lowest BCUT2D eigenvalue weighted by Crippen LogP contribution is -2.00. The van der Waals surface area contributed by atoms with Crippen LogP contribution in [0, 0.1) is 0 Å². The molecule has 1 rings (SSSR count). The molecular weight excluding hydrogens is 132 g/mol. The maximum atomic E-state index is 5.26. The Kier molecular flexibility index (Phi) is 2.22. The molecule has 10 heavy (non-hydrogen) atoms. The van der Waals surface area contributed by atoms with Gasteiger partial charge >= 0.3 is 6.01 Å². The highest BCUT2D eigenvalue weighted by Gasteiger charge is 1.99. The van der Waals surface area contributed by atoms with Crippen LogP contribution in [0.3, 0.4) is 0 Å². The number of aromatic nitrogens is 2. The van der Waals surface area contributed by atoms with Crippen molar-refractivity contribution in [1.82, 2.24) is 10.2 Å². The first-order chi connectivity index (χ1) is 4.83. The molecule has 0 amide bonds. The number of anilines is 1. The first kappa shape index (κ1) is 7.01. The van der Waals surface area contributed by atoms with E-state index in [1.165, 1.54) is 0 Å². The van der Waals surface area contributed by atoms with Crippen LogP contribution in [-0.4, -0.2) is 16.7 Å². The van der Waals surface area contributed by atoms with E-state index >= 15 is 0 Å². The van der Waals surface area contributed by atoms with Crippen LogP contribution in [0.2, 0.25) is 0 Å². The van der Waals surface area contributed by atoms with Gasteiger partial charge in [-0.2, -0.15) is 0 Å². The lowest BCUT2D eigenvalue weighted by atomic mass is 10.3. The number of aryl methyl sites for hydroxylation is 1. The maximum absolute atomic E-state index is 5.26. The van der Waals surface area contributed by atoms with Crippen molar-refractivity contribution in [3.05, 3.63) is 5.89 Å². The number of hydrogen-bond donors (Lipinski definition) is 2. The minimum Gasteiger partial charge on any atom is -0.408 e. The minimum absolute atomic E-state index is 0.118. The average Bonchev–Trinajstić information content (AvgIpc) is 2.31. The van der Waals surface area contributed by atoms with Crippen LogP contribution in [-0.2, 0) is 6.42 Å². The third-order valence-corrected chi connectivity index (χ3v) is 1.08. The Hall–Kier alpha value is -1.10. The number of nitrogen functional groups attached to an aromatic ring is 1. The highest BCUT2D eigenvalue weighted by atomic mass is 16.4. The lowest BCUT2D eigenvalue weighted by Gasteiger charge is -1.88. The molecule has 4 N–H and O–H groups in total. The van der Waals surface area contributed by atoms with E-state index in [9.17, 15) is 0 Å². The van der Waals surface area contributed by atoms with Gasteiger partial charge in [-0.15, -0.1) is 5.10 Å². The van der Waals surface area contributed by atoms with Crippen LogP contribution in [0.4, 0.5) is 6.01 Å². The molecule has 0 atom stereocenters. The zero-order valence-corrected chi connectivity index (χ0v) is 5.58. The summed E-state index contributed by atoms with van der Waals surface area (Å²) in [4.78, 5) is 0. The van der Waals surface area contributed by atoms with Crippen LogP contribution >= 0.6 is 0 Å². The molecule has 0 fully saturated rings. The van der Waals surface area contributed by atoms with Crippen LogP contribution < -0.4 is 11.5 Å². The summed E-state index contributed by atoms with van der Waals surface area (Å²) in [6, 6.07) is 0.118. The van der Waals surface area contributed by atoms with Crippen molar-refractivity contribution in [3.8, 4) is 0 Å². The average molecular weight is 142 g/mol. The van der Waals surface area contributed by atoms with Gasteiger partial charge in [0.25, 0.3) is 0 Å². The molecule has 1 aromatic heterocycles. The molecule has 0 saturated carbocycles. The first-order valence-electron chi connectivity index (χ1n) is 3.11. The second kappa shape index (κ2) is 3.17. The van der Waals surface area contributed by atoms with Gasteiger partial charge in [0.15, 0.2) is 0 Å². The van der Waals surface area contributed by atoms with Crippen molar-refractivity contribution in [2.75, 3.05) is 12.3 Å². The Balaban J connectivity index is 2.42. The van der Waals surface area contributed by atoms with Crippen molar-refractivity contribution in [1.29, 1.82) is 0 Å². The predicted octanol–water partition coefficient (Wildman–Crippen LogP) is -0.457. The highest BCUT2D eigenvalue weighted by molar-refractivity contribution is 5.04. The molecule has 0 aliphatic rings. The summed E-state index contributed by atoms with van der Waals surface area (Å²) in [5.41, 5.74) is 10.4. The lowest BCUT2D eigenvalue weighted by molar-refractivity contribution is 0.503. The molecule has 56 valence electrons. The van der Waals surface area contributed by atoms with Gasteiger partial charge in [-0.05, 0) is 13.0 Å². The zero-order valence-electron chi connectivity index (χ0n) is 5.58. The molecule has 0 saturated heterocycles. The summed E-state index contributed by atoms with van der Waals surface area (Å²) in [6.07, 6.45) is 1.56. The fourth-order valence-corrected chi connectivity index (χ4v) is 0.621. The van der Waals surface area contributed by atoms with E-state index in [1.54, 1.807) is 0 Å². The quantitative estimate of drug-likeness (QED) is 0.596. The molecular formula is C5H10N4O. The van der Waals surface area contributed by atoms with E-state index in [4.69, 9.17) is 15.9 Å². The molecule has 1 aromatic rings. The third-order valence-electron chi connectivity index (χ3n) is 1.08. The van der Waals surface area contributed by atoms with Crippen molar-refractivity contribution < 1.29 is 4.42 Å². The van der Waals surface area contributed by atoms with Gasteiger partial charge in [-0.3, -0.25) is 0 Å². The van der Waals surface area contributed by atoms with Crippen molar-refractivity contribution in [2.45, 2.75) is 12.8 Å². The second-order valence-corrected chi connectivity index (χ2v) is 1.93. The Labute approximate surface area is 58.4 Å². The second-order valence-electron chi connectivity index (χ2n) is 1.93. The number of rotatable bonds is 3. The van der Waals surface area contributed by atoms with Crippen LogP contribution in [0.25, 0.3) is 0 Å². The van der Waals surface area contributed by atoms with Crippen LogP contribution in [0.15, 0.2) is 4.42 Å². The van der Waals surface area contributed by atoms with Gasteiger partial charge in [0, 0.05) is 6.42 Å².